The van der Waals surface area contributed by atoms with Crippen molar-refractivity contribution in [2.24, 2.45) is 10.8 Å². The van der Waals surface area contributed by atoms with Crippen LogP contribution in [0.3, 0.4) is 0 Å². The van der Waals surface area contributed by atoms with Crippen molar-refractivity contribution < 1.29 is 4.79 Å². The SMILES string of the molecule is CC1C(C(C)(C)C)=C2C(=C(C(C)(C)C)C(=O)N2C)N1C. The van der Waals surface area contributed by atoms with Crippen LogP contribution in [0.15, 0.2) is 22.5 Å². The van der Waals surface area contributed by atoms with Crippen LogP contribution in [0.25, 0.3) is 0 Å². The van der Waals surface area contributed by atoms with Crippen molar-refractivity contribution >= 4 is 5.91 Å². The molecule has 0 aromatic heterocycles. The van der Waals surface area contributed by atoms with Gasteiger partial charge in [0.25, 0.3) is 5.91 Å². The van der Waals surface area contributed by atoms with E-state index in [0.717, 1.165) is 17.0 Å². The molecule has 0 bridgehead atoms. The Kier molecular flexibility index (Phi) is 3.12. The fourth-order valence-corrected chi connectivity index (χ4v) is 3.54. The van der Waals surface area contributed by atoms with Gasteiger partial charge in [-0.3, -0.25) is 4.79 Å². The number of nitrogens with zero attached hydrogens (tertiary/aromatic N) is 2. The van der Waals surface area contributed by atoms with Crippen molar-refractivity contribution in [1.82, 2.24) is 9.80 Å². The lowest BCUT2D eigenvalue weighted by Crippen LogP contribution is -2.33. The molecule has 1 unspecified atom stereocenters. The van der Waals surface area contributed by atoms with Gasteiger partial charge in [-0.1, -0.05) is 41.5 Å². The van der Waals surface area contributed by atoms with Crippen LogP contribution in [0.4, 0.5) is 0 Å². The van der Waals surface area contributed by atoms with E-state index >= 15 is 0 Å². The lowest BCUT2D eigenvalue weighted by Gasteiger charge is -2.31. The van der Waals surface area contributed by atoms with Gasteiger partial charge in [-0.2, -0.15) is 0 Å². The molecular weight excluding hydrogens is 248 g/mol. The molecule has 0 spiro atoms. The molecular formula is C17H28N2O. The normalized spacial score (nSPS) is 24.2. The molecule has 0 N–H and O–H groups in total. The first-order valence-corrected chi connectivity index (χ1v) is 7.39. The average molecular weight is 276 g/mol. The molecule has 0 saturated carbocycles. The summed E-state index contributed by atoms with van der Waals surface area (Å²) in [5, 5.41) is 0. The maximum atomic E-state index is 12.7. The Labute approximate surface area is 123 Å². The van der Waals surface area contributed by atoms with Gasteiger partial charge in [0.15, 0.2) is 0 Å². The molecule has 2 rings (SSSR count). The Bertz CT molecular complexity index is 526. The summed E-state index contributed by atoms with van der Waals surface area (Å²) in [6, 6.07) is 0.341. The summed E-state index contributed by atoms with van der Waals surface area (Å²) in [5.74, 6) is 0.156. The maximum Gasteiger partial charge on any atom is 0.256 e. The van der Waals surface area contributed by atoms with E-state index in [0.29, 0.717) is 6.04 Å². The number of hydrogen-bond acceptors (Lipinski definition) is 2. The van der Waals surface area contributed by atoms with E-state index in [1.54, 1.807) is 0 Å². The van der Waals surface area contributed by atoms with E-state index in [1.807, 2.05) is 11.9 Å². The lowest BCUT2D eigenvalue weighted by atomic mass is 9.82. The lowest BCUT2D eigenvalue weighted by molar-refractivity contribution is -0.124. The van der Waals surface area contributed by atoms with Crippen molar-refractivity contribution in [3.8, 4) is 0 Å². The van der Waals surface area contributed by atoms with Crippen molar-refractivity contribution in [1.29, 1.82) is 0 Å². The Morgan fingerprint density at radius 2 is 1.40 bits per heavy atom. The topological polar surface area (TPSA) is 23.6 Å². The van der Waals surface area contributed by atoms with Crippen LogP contribution in [0, 0.1) is 10.8 Å². The molecule has 0 aromatic carbocycles. The van der Waals surface area contributed by atoms with E-state index in [2.05, 4.69) is 60.4 Å². The number of carbonyl (C=O) groups excluding carboxylic acids is 1. The van der Waals surface area contributed by atoms with Gasteiger partial charge in [-0.25, -0.2) is 0 Å². The zero-order valence-electron chi connectivity index (χ0n) is 14.4. The van der Waals surface area contributed by atoms with Crippen LogP contribution >= 0.6 is 0 Å². The van der Waals surface area contributed by atoms with Crippen LogP contribution in [0.5, 0.6) is 0 Å². The number of rotatable bonds is 0. The third-order valence-electron chi connectivity index (χ3n) is 4.48. The molecule has 0 aliphatic carbocycles. The van der Waals surface area contributed by atoms with Crippen LogP contribution in [0.1, 0.15) is 48.5 Å². The van der Waals surface area contributed by atoms with Crippen LogP contribution < -0.4 is 0 Å². The molecule has 1 atom stereocenters. The number of likely N-dealkylation sites (N-methyl/N-ethyl adjacent to an activating group) is 2. The third kappa shape index (κ3) is 1.90. The molecule has 2 aliphatic heterocycles. The Balaban J connectivity index is 2.78. The summed E-state index contributed by atoms with van der Waals surface area (Å²) in [6.07, 6.45) is 0. The van der Waals surface area contributed by atoms with Gasteiger partial charge in [0.05, 0.1) is 17.4 Å². The number of carbonyl (C=O) groups is 1. The molecule has 0 radical (unpaired) electrons. The number of amides is 1. The molecule has 0 fully saturated rings. The first kappa shape index (κ1) is 15.1. The Hall–Kier alpha value is -1.25. The smallest absolute Gasteiger partial charge is 0.256 e. The quantitative estimate of drug-likeness (QED) is 0.677. The third-order valence-corrected chi connectivity index (χ3v) is 4.48. The largest absolute Gasteiger partial charge is 0.366 e. The summed E-state index contributed by atoms with van der Waals surface area (Å²) < 4.78 is 0. The summed E-state index contributed by atoms with van der Waals surface area (Å²) in [5.41, 5.74) is 4.52. The molecule has 0 saturated heterocycles. The monoisotopic (exact) mass is 276 g/mol. The zero-order chi connectivity index (χ0) is 15.6. The minimum Gasteiger partial charge on any atom is -0.366 e. The van der Waals surface area contributed by atoms with Gasteiger partial charge in [0.1, 0.15) is 0 Å². The molecule has 0 aromatic rings. The van der Waals surface area contributed by atoms with Crippen molar-refractivity contribution in [2.45, 2.75) is 54.5 Å². The Morgan fingerprint density at radius 3 is 1.80 bits per heavy atom. The predicted octanol–water partition coefficient (Wildman–Crippen LogP) is 3.39. The molecule has 3 nitrogen and oxygen atoms in total. The van der Waals surface area contributed by atoms with Gasteiger partial charge in [0, 0.05) is 19.7 Å². The van der Waals surface area contributed by atoms with Crippen LogP contribution in [-0.2, 0) is 4.79 Å². The van der Waals surface area contributed by atoms with Gasteiger partial charge in [-0.15, -0.1) is 0 Å². The second-order valence-electron chi connectivity index (χ2n) is 8.14. The first-order chi connectivity index (χ1) is 8.89. The highest BCUT2D eigenvalue weighted by Gasteiger charge is 2.48. The molecule has 2 heterocycles. The van der Waals surface area contributed by atoms with E-state index in [9.17, 15) is 4.79 Å². The molecule has 3 heteroatoms. The van der Waals surface area contributed by atoms with Crippen LogP contribution in [0.2, 0.25) is 0 Å². The summed E-state index contributed by atoms with van der Waals surface area (Å²) in [6.45, 7) is 15.3. The van der Waals surface area contributed by atoms with Crippen LogP contribution in [-0.4, -0.2) is 35.8 Å². The minimum atomic E-state index is -0.135. The van der Waals surface area contributed by atoms with Crippen molar-refractivity contribution in [3.63, 3.8) is 0 Å². The van der Waals surface area contributed by atoms with Gasteiger partial charge < -0.3 is 9.80 Å². The van der Waals surface area contributed by atoms with E-state index in [-0.39, 0.29) is 16.7 Å². The second kappa shape index (κ2) is 4.12. The van der Waals surface area contributed by atoms with E-state index in [4.69, 9.17) is 0 Å². The zero-order valence-corrected chi connectivity index (χ0v) is 14.4. The molecule has 20 heavy (non-hydrogen) atoms. The summed E-state index contributed by atoms with van der Waals surface area (Å²) in [7, 11) is 4.02. The van der Waals surface area contributed by atoms with Gasteiger partial charge in [0.2, 0.25) is 0 Å². The first-order valence-electron chi connectivity index (χ1n) is 7.39. The minimum absolute atomic E-state index is 0.0621. The Morgan fingerprint density at radius 1 is 0.900 bits per heavy atom. The fourth-order valence-electron chi connectivity index (χ4n) is 3.54. The van der Waals surface area contributed by atoms with Gasteiger partial charge >= 0.3 is 0 Å². The summed E-state index contributed by atoms with van der Waals surface area (Å²) in [4.78, 5) is 16.8. The average Bonchev–Trinajstić information content (AvgIpc) is 2.63. The number of hydrogen-bond donors (Lipinski definition) is 0. The maximum absolute atomic E-state index is 12.7. The summed E-state index contributed by atoms with van der Waals surface area (Å²) >= 11 is 0. The second-order valence-corrected chi connectivity index (χ2v) is 8.14. The highest BCUT2D eigenvalue weighted by molar-refractivity contribution is 6.01. The van der Waals surface area contributed by atoms with Crippen molar-refractivity contribution in [3.05, 3.63) is 22.5 Å². The fraction of sp³-hybridized carbons (Fsp3) is 0.706. The highest BCUT2D eigenvalue weighted by Crippen LogP contribution is 2.50. The van der Waals surface area contributed by atoms with Gasteiger partial charge in [-0.05, 0) is 23.3 Å². The van der Waals surface area contributed by atoms with Crippen molar-refractivity contribution in [2.75, 3.05) is 14.1 Å². The van der Waals surface area contributed by atoms with E-state index < -0.39 is 0 Å². The molecule has 2 aliphatic rings. The standard InChI is InChI=1S/C17H28N2O/c1-10-11(16(2,3)4)13-14(18(10)8)12(17(5,6)7)15(20)19(13)9/h10H,1-9H3. The van der Waals surface area contributed by atoms with E-state index in [1.165, 1.54) is 5.57 Å². The molecule has 1 amide bonds. The highest BCUT2D eigenvalue weighted by atomic mass is 16.2. The predicted molar refractivity (Wildman–Crippen MR) is 83.0 cm³/mol. The number of fused-ring (bicyclic) bond motifs is 1. The molecule has 112 valence electrons.